The van der Waals surface area contributed by atoms with E-state index in [1.54, 1.807) is 26.0 Å². The molecule has 7 heteroatoms. The third-order valence-electron chi connectivity index (χ3n) is 3.53. The van der Waals surface area contributed by atoms with Gasteiger partial charge in [0.1, 0.15) is 17.3 Å². The summed E-state index contributed by atoms with van der Waals surface area (Å²) in [6, 6.07) is 2.50. The maximum absolute atomic E-state index is 12.4. The molecule has 0 aliphatic heterocycles. The van der Waals surface area contributed by atoms with Crippen LogP contribution in [-0.2, 0) is 9.53 Å². The van der Waals surface area contributed by atoms with E-state index in [9.17, 15) is 14.4 Å². The molecule has 0 bridgehead atoms. The Balaban J connectivity index is 2.38. The Bertz CT molecular complexity index is 811. The lowest BCUT2D eigenvalue weighted by molar-refractivity contribution is -0.144. The molecule has 122 valence electrons. The molecule has 0 aliphatic carbocycles. The van der Waals surface area contributed by atoms with Crippen molar-refractivity contribution in [1.82, 2.24) is 15.3 Å². The van der Waals surface area contributed by atoms with Gasteiger partial charge in [0.15, 0.2) is 0 Å². The van der Waals surface area contributed by atoms with Gasteiger partial charge in [-0.15, -0.1) is 0 Å². The number of carbonyl (C=O) groups is 2. The second-order valence-electron chi connectivity index (χ2n) is 5.60. The normalized spacial score (nSPS) is 12.2. The molecule has 23 heavy (non-hydrogen) atoms. The molecule has 1 amide bonds. The highest BCUT2D eigenvalue weighted by atomic mass is 16.5. The summed E-state index contributed by atoms with van der Waals surface area (Å²) in [5, 5.41) is 2.87. The van der Waals surface area contributed by atoms with Gasteiger partial charge in [0.2, 0.25) is 5.43 Å². The first-order chi connectivity index (χ1) is 10.8. The predicted molar refractivity (Wildman–Crippen MR) is 85.2 cm³/mol. The molecule has 2 aromatic heterocycles. The molecule has 2 heterocycles. The van der Waals surface area contributed by atoms with Crippen molar-refractivity contribution < 1.29 is 14.3 Å². The highest BCUT2D eigenvalue weighted by Gasteiger charge is 2.26. The molecule has 2 aromatic rings. The molecule has 0 fully saturated rings. The van der Waals surface area contributed by atoms with Crippen molar-refractivity contribution in [2.75, 3.05) is 7.11 Å². The molecular formula is C16H19N3O4. The zero-order valence-electron chi connectivity index (χ0n) is 13.5. The van der Waals surface area contributed by atoms with Crippen molar-refractivity contribution in [1.29, 1.82) is 0 Å². The van der Waals surface area contributed by atoms with E-state index in [0.29, 0.717) is 11.0 Å². The van der Waals surface area contributed by atoms with Crippen LogP contribution in [0, 0.1) is 12.8 Å². The SMILES string of the molecule is COC(=O)C(NC(=O)c1c[nH]c2nc(C)ccc2c1=O)C(C)C. The van der Waals surface area contributed by atoms with Gasteiger partial charge in [0, 0.05) is 11.9 Å². The first-order valence-electron chi connectivity index (χ1n) is 7.23. The zero-order valence-corrected chi connectivity index (χ0v) is 13.5. The Morgan fingerprint density at radius 1 is 1.30 bits per heavy atom. The van der Waals surface area contributed by atoms with Crippen LogP contribution in [0.15, 0.2) is 23.1 Å². The van der Waals surface area contributed by atoms with Crippen LogP contribution in [0.4, 0.5) is 0 Å². The number of carbonyl (C=O) groups excluding carboxylic acids is 2. The summed E-state index contributed by atoms with van der Waals surface area (Å²) in [6.45, 7) is 5.36. The first-order valence-corrected chi connectivity index (χ1v) is 7.23. The van der Waals surface area contributed by atoms with E-state index in [-0.39, 0.29) is 11.5 Å². The molecule has 0 saturated carbocycles. The van der Waals surface area contributed by atoms with Crippen LogP contribution in [0.25, 0.3) is 11.0 Å². The number of nitrogens with one attached hydrogen (secondary N) is 2. The summed E-state index contributed by atoms with van der Waals surface area (Å²) in [6.07, 6.45) is 1.31. The number of nitrogens with zero attached hydrogens (tertiary/aromatic N) is 1. The van der Waals surface area contributed by atoms with Crippen molar-refractivity contribution >= 4 is 22.9 Å². The maximum Gasteiger partial charge on any atom is 0.328 e. The van der Waals surface area contributed by atoms with Crippen LogP contribution in [0.1, 0.15) is 29.9 Å². The molecule has 0 saturated heterocycles. The Kier molecular flexibility index (Phi) is 4.78. The fraction of sp³-hybridized carbons (Fsp3) is 0.375. The van der Waals surface area contributed by atoms with E-state index in [1.165, 1.54) is 13.3 Å². The number of pyridine rings is 2. The fourth-order valence-corrected chi connectivity index (χ4v) is 2.21. The molecule has 1 atom stereocenters. The van der Waals surface area contributed by atoms with Crippen molar-refractivity contribution in [3.63, 3.8) is 0 Å². The maximum atomic E-state index is 12.4. The van der Waals surface area contributed by atoms with E-state index < -0.39 is 23.3 Å². The van der Waals surface area contributed by atoms with E-state index >= 15 is 0 Å². The summed E-state index contributed by atoms with van der Waals surface area (Å²) < 4.78 is 4.67. The van der Waals surface area contributed by atoms with Crippen LogP contribution in [0.2, 0.25) is 0 Å². The van der Waals surface area contributed by atoms with Crippen LogP contribution in [0.5, 0.6) is 0 Å². The second kappa shape index (κ2) is 6.60. The molecule has 0 spiro atoms. The quantitative estimate of drug-likeness (QED) is 0.824. The first kappa shape index (κ1) is 16.7. The number of ether oxygens (including phenoxy) is 1. The standard InChI is InChI=1S/C16H19N3O4/c1-8(2)12(16(22)23-4)19-15(21)11-7-17-14-10(13(11)20)6-5-9(3)18-14/h5-8,12H,1-4H3,(H,19,21)(H,17,18,20). The number of fused-ring (bicyclic) bond motifs is 1. The van der Waals surface area contributed by atoms with Gasteiger partial charge >= 0.3 is 5.97 Å². The molecule has 2 N–H and O–H groups in total. The third kappa shape index (κ3) is 3.39. The summed E-state index contributed by atoms with van der Waals surface area (Å²) >= 11 is 0. The predicted octanol–water partition coefficient (Wildman–Crippen LogP) is 1.16. The van der Waals surface area contributed by atoms with E-state index in [2.05, 4.69) is 20.0 Å². The Hall–Kier alpha value is -2.70. The third-order valence-corrected chi connectivity index (χ3v) is 3.53. The van der Waals surface area contributed by atoms with Gasteiger partial charge in [-0.25, -0.2) is 9.78 Å². The molecule has 1 unspecified atom stereocenters. The van der Waals surface area contributed by atoms with Crippen molar-refractivity contribution in [2.24, 2.45) is 5.92 Å². The monoisotopic (exact) mass is 317 g/mol. The number of H-pyrrole nitrogens is 1. The van der Waals surface area contributed by atoms with Crippen molar-refractivity contribution in [2.45, 2.75) is 26.8 Å². The number of esters is 1. The average Bonchev–Trinajstić information content (AvgIpc) is 2.51. The summed E-state index contributed by atoms with van der Waals surface area (Å²) in [5.41, 5.74) is 0.671. The molecule has 0 aromatic carbocycles. The number of aromatic amines is 1. The van der Waals surface area contributed by atoms with Gasteiger partial charge in [-0.1, -0.05) is 13.8 Å². The zero-order chi connectivity index (χ0) is 17.1. The minimum Gasteiger partial charge on any atom is -0.467 e. The number of aromatic nitrogens is 2. The van der Waals surface area contributed by atoms with Gasteiger partial charge in [0.05, 0.1) is 12.5 Å². The van der Waals surface area contributed by atoms with Gasteiger partial charge in [0.25, 0.3) is 5.91 Å². The van der Waals surface area contributed by atoms with Gasteiger partial charge in [-0.2, -0.15) is 0 Å². The number of hydrogen-bond acceptors (Lipinski definition) is 5. The molecule has 0 aliphatic rings. The Labute approximate surface area is 133 Å². The molecule has 2 rings (SSSR count). The number of amides is 1. The minimum atomic E-state index is -0.821. The summed E-state index contributed by atoms with van der Waals surface area (Å²) in [5.74, 6) is -1.35. The molecular weight excluding hydrogens is 298 g/mol. The second-order valence-corrected chi connectivity index (χ2v) is 5.60. The number of methoxy groups -OCH3 is 1. The number of rotatable bonds is 4. The lowest BCUT2D eigenvalue weighted by atomic mass is 10.0. The van der Waals surface area contributed by atoms with Gasteiger partial charge < -0.3 is 15.0 Å². The molecule has 0 radical (unpaired) electrons. The van der Waals surface area contributed by atoms with Crippen LogP contribution >= 0.6 is 0 Å². The van der Waals surface area contributed by atoms with Gasteiger partial charge in [-0.3, -0.25) is 9.59 Å². The van der Waals surface area contributed by atoms with E-state index in [1.807, 2.05) is 6.92 Å². The Morgan fingerprint density at radius 2 is 2.00 bits per heavy atom. The fourth-order valence-electron chi connectivity index (χ4n) is 2.21. The number of hydrogen-bond donors (Lipinski definition) is 2. The topological polar surface area (TPSA) is 101 Å². The number of aryl methyl sites for hydroxylation is 1. The highest BCUT2D eigenvalue weighted by Crippen LogP contribution is 2.08. The van der Waals surface area contributed by atoms with E-state index in [4.69, 9.17) is 0 Å². The highest BCUT2D eigenvalue weighted by molar-refractivity contribution is 5.98. The summed E-state index contributed by atoms with van der Waals surface area (Å²) in [4.78, 5) is 43.6. The Morgan fingerprint density at radius 3 is 2.61 bits per heavy atom. The van der Waals surface area contributed by atoms with Gasteiger partial charge in [-0.05, 0) is 25.0 Å². The minimum absolute atomic E-state index is 0.0716. The van der Waals surface area contributed by atoms with Crippen molar-refractivity contribution in [3.05, 3.63) is 39.8 Å². The smallest absolute Gasteiger partial charge is 0.328 e. The lowest BCUT2D eigenvalue weighted by Gasteiger charge is -2.19. The largest absolute Gasteiger partial charge is 0.467 e. The van der Waals surface area contributed by atoms with Crippen LogP contribution in [-0.4, -0.2) is 35.0 Å². The van der Waals surface area contributed by atoms with Crippen LogP contribution < -0.4 is 10.7 Å². The summed E-state index contributed by atoms with van der Waals surface area (Å²) in [7, 11) is 1.25. The van der Waals surface area contributed by atoms with Crippen LogP contribution in [0.3, 0.4) is 0 Å². The lowest BCUT2D eigenvalue weighted by Crippen LogP contribution is -2.46. The van der Waals surface area contributed by atoms with Crippen molar-refractivity contribution in [3.8, 4) is 0 Å². The average molecular weight is 317 g/mol. The van der Waals surface area contributed by atoms with E-state index in [0.717, 1.165) is 5.69 Å². The molecule has 7 nitrogen and oxygen atoms in total.